The molecule has 0 heterocycles. The minimum absolute atomic E-state index is 0.822. The molecule has 6 unspecified atom stereocenters. The summed E-state index contributed by atoms with van der Waals surface area (Å²) in [6.45, 7) is 5.17. The largest absolute Gasteiger partial charge is 0.0622 e. The van der Waals surface area contributed by atoms with Gasteiger partial charge in [0.25, 0.3) is 0 Å². The van der Waals surface area contributed by atoms with Crippen LogP contribution < -0.4 is 0 Å². The summed E-state index contributed by atoms with van der Waals surface area (Å²) < 4.78 is 0. The van der Waals surface area contributed by atoms with Crippen molar-refractivity contribution in [1.82, 2.24) is 0 Å². The third-order valence-corrected chi connectivity index (χ3v) is 9.43. The van der Waals surface area contributed by atoms with Crippen LogP contribution in [0.25, 0.3) is 0 Å². The fourth-order valence-electron chi connectivity index (χ4n) is 9.76. The molecule has 10 rings (SSSR count). The Hall–Kier alpha value is 0. The third kappa shape index (κ3) is 0.657. The molecular weight excluding hydrogens is 216 g/mol. The van der Waals surface area contributed by atoms with Crippen LogP contribution in [0.15, 0.2) is 0 Å². The van der Waals surface area contributed by atoms with E-state index in [1.54, 1.807) is 44.9 Å². The lowest BCUT2D eigenvalue weighted by Gasteiger charge is -2.89. The van der Waals surface area contributed by atoms with Gasteiger partial charge in [-0.25, -0.2) is 0 Å². The molecule has 98 valence electrons. The Morgan fingerprint density at radius 2 is 1.72 bits per heavy atom. The minimum Gasteiger partial charge on any atom is -0.0622 e. The van der Waals surface area contributed by atoms with Gasteiger partial charge >= 0.3 is 0 Å². The van der Waals surface area contributed by atoms with Gasteiger partial charge in [-0.1, -0.05) is 13.8 Å². The van der Waals surface area contributed by atoms with Gasteiger partial charge in [0, 0.05) is 0 Å². The Morgan fingerprint density at radius 1 is 0.889 bits per heavy atom. The van der Waals surface area contributed by atoms with Gasteiger partial charge in [-0.3, -0.25) is 0 Å². The van der Waals surface area contributed by atoms with E-state index >= 15 is 0 Å². The van der Waals surface area contributed by atoms with Crippen LogP contribution in [-0.2, 0) is 0 Å². The minimum atomic E-state index is 0.822. The maximum Gasteiger partial charge on any atom is -0.0181 e. The van der Waals surface area contributed by atoms with Crippen molar-refractivity contribution in [2.45, 2.75) is 58.8 Å². The van der Waals surface area contributed by atoms with Crippen molar-refractivity contribution in [2.75, 3.05) is 0 Å². The highest BCUT2D eigenvalue weighted by molar-refractivity contribution is 5.33. The molecule has 10 aliphatic carbocycles. The second-order valence-electron chi connectivity index (χ2n) is 9.70. The van der Waals surface area contributed by atoms with Crippen LogP contribution in [0.5, 0.6) is 0 Å². The second kappa shape index (κ2) is 2.35. The van der Waals surface area contributed by atoms with Crippen molar-refractivity contribution in [3.05, 3.63) is 0 Å². The molecular formula is C18H26. The summed E-state index contributed by atoms with van der Waals surface area (Å²) in [7, 11) is 0. The zero-order valence-electron chi connectivity index (χ0n) is 11.9. The summed E-state index contributed by atoms with van der Waals surface area (Å²) in [4.78, 5) is 0. The van der Waals surface area contributed by atoms with Gasteiger partial charge in [0.1, 0.15) is 0 Å². The Kier molecular flexibility index (Phi) is 1.29. The molecule has 0 radical (unpaired) electrons. The fourth-order valence-corrected chi connectivity index (χ4v) is 9.76. The number of hydrogen-bond donors (Lipinski definition) is 0. The quantitative estimate of drug-likeness (QED) is 0.635. The van der Waals surface area contributed by atoms with E-state index in [1.807, 2.05) is 0 Å². The zero-order valence-corrected chi connectivity index (χ0v) is 11.9. The molecule has 0 N–H and O–H groups in total. The van der Waals surface area contributed by atoms with Crippen molar-refractivity contribution in [3.63, 3.8) is 0 Å². The van der Waals surface area contributed by atoms with Gasteiger partial charge < -0.3 is 0 Å². The molecule has 0 aromatic rings. The lowest BCUT2D eigenvalue weighted by molar-refractivity contribution is -0.407. The Balaban J connectivity index is 1.66. The van der Waals surface area contributed by atoms with E-state index in [0.29, 0.717) is 0 Å². The molecule has 10 aliphatic rings. The van der Waals surface area contributed by atoms with E-state index in [0.717, 1.165) is 28.1 Å². The van der Waals surface area contributed by atoms with Crippen LogP contribution in [0.3, 0.4) is 0 Å². The maximum atomic E-state index is 2.59. The molecule has 0 nitrogen and oxygen atoms in total. The third-order valence-electron chi connectivity index (χ3n) is 9.43. The standard InChI is InChI=1S/C18H26/c1-10(2)18-5-11-3-12-13-6-16(7-15(12)18)8-17(18,9-16)14(13)4-11/h10-15H,3-9H2,1-2H3. The molecule has 18 heavy (non-hydrogen) atoms. The predicted octanol–water partition coefficient (Wildman–Crippen LogP) is 4.49. The first kappa shape index (κ1) is 9.83. The van der Waals surface area contributed by atoms with Crippen molar-refractivity contribution in [1.29, 1.82) is 0 Å². The summed E-state index contributed by atoms with van der Waals surface area (Å²) in [5, 5.41) is 0. The van der Waals surface area contributed by atoms with Crippen LogP contribution in [0.1, 0.15) is 58.8 Å². The molecule has 0 aromatic carbocycles. The topological polar surface area (TPSA) is 0 Å². The number of hydrogen-bond acceptors (Lipinski definition) is 0. The SMILES string of the molecule is CC(C)C12CC3CC4C5CC6(CC41)CC2(C6)C5C3. The molecule has 10 saturated carbocycles. The van der Waals surface area contributed by atoms with Gasteiger partial charge in [0.15, 0.2) is 0 Å². The van der Waals surface area contributed by atoms with E-state index in [-0.39, 0.29) is 0 Å². The van der Waals surface area contributed by atoms with E-state index in [4.69, 9.17) is 0 Å². The van der Waals surface area contributed by atoms with Crippen LogP contribution >= 0.6 is 0 Å². The number of rotatable bonds is 1. The first-order chi connectivity index (χ1) is 8.60. The van der Waals surface area contributed by atoms with E-state index < -0.39 is 0 Å². The Morgan fingerprint density at radius 3 is 2.50 bits per heavy atom. The van der Waals surface area contributed by atoms with Crippen LogP contribution in [-0.4, -0.2) is 0 Å². The summed E-state index contributed by atoms with van der Waals surface area (Å²) >= 11 is 0. The summed E-state index contributed by atoms with van der Waals surface area (Å²) in [5.74, 6) is 6.86. The van der Waals surface area contributed by atoms with Gasteiger partial charge in [0.05, 0.1) is 0 Å². The zero-order chi connectivity index (χ0) is 11.9. The molecule has 0 aromatic heterocycles. The van der Waals surface area contributed by atoms with E-state index in [9.17, 15) is 0 Å². The Bertz CT molecular complexity index is 449. The van der Waals surface area contributed by atoms with E-state index in [2.05, 4.69) is 13.8 Å². The molecule has 8 bridgehead atoms. The van der Waals surface area contributed by atoms with Gasteiger partial charge in [-0.05, 0) is 96.7 Å². The highest BCUT2D eigenvalue weighted by Gasteiger charge is 2.84. The van der Waals surface area contributed by atoms with Gasteiger partial charge in [-0.15, -0.1) is 0 Å². The smallest absolute Gasteiger partial charge is 0.0181 e. The first-order valence-corrected chi connectivity index (χ1v) is 8.60. The average molecular weight is 242 g/mol. The van der Waals surface area contributed by atoms with Crippen LogP contribution in [0.2, 0.25) is 0 Å². The summed E-state index contributed by atoms with van der Waals surface area (Å²) in [5.41, 5.74) is 2.59. The lowest BCUT2D eigenvalue weighted by Crippen LogP contribution is -2.82. The van der Waals surface area contributed by atoms with Crippen molar-refractivity contribution in [2.24, 2.45) is 51.8 Å². The first-order valence-electron chi connectivity index (χ1n) is 8.60. The highest BCUT2D eigenvalue weighted by atomic mass is 14.9. The molecule has 0 heteroatoms. The molecule has 0 amide bonds. The van der Waals surface area contributed by atoms with Gasteiger partial charge in [0.2, 0.25) is 0 Å². The molecule has 10 fully saturated rings. The normalized spacial score (nSPS) is 73.2. The molecule has 2 spiro atoms. The summed E-state index contributed by atoms with van der Waals surface area (Å²) in [6.07, 6.45) is 11.6. The average Bonchev–Trinajstić information content (AvgIpc) is 2.33. The molecule has 0 aliphatic heterocycles. The predicted molar refractivity (Wildman–Crippen MR) is 71.9 cm³/mol. The maximum absolute atomic E-state index is 2.59. The Labute approximate surface area is 111 Å². The summed E-state index contributed by atoms with van der Waals surface area (Å²) in [6, 6.07) is 0. The van der Waals surface area contributed by atoms with E-state index in [1.165, 1.54) is 23.7 Å². The van der Waals surface area contributed by atoms with Crippen LogP contribution in [0, 0.1) is 51.8 Å². The lowest BCUT2D eigenvalue weighted by atomic mass is 9.15. The van der Waals surface area contributed by atoms with Crippen LogP contribution in [0.4, 0.5) is 0 Å². The van der Waals surface area contributed by atoms with Crippen molar-refractivity contribution >= 4 is 0 Å². The van der Waals surface area contributed by atoms with Gasteiger partial charge in [-0.2, -0.15) is 0 Å². The van der Waals surface area contributed by atoms with Crippen molar-refractivity contribution in [3.8, 4) is 0 Å². The fraction of sp³-hybridized carbons (Fsp3) is 1.00. The highest BCUT2D eigenvalue weighted by Crippen LogP contribution is 2.92. The monoisotopic (exact) mass is 242 g/mol. The molecule has 0 saturated heterocycles. The van der Waals surface area contributed by atoms with Crippen molar-refractivity contribution < 1.29 is 0 Å². The molecule has 6 atom stereocenters. The second-order valence-corrected chi connectivity index (χ2v) is 9.70.